The molecule has 2 rings (SSSR count). The molecular weight excluding hydrogens is 262 g/mol. The lowest BCUT2D eigenvalue weighted by molar-refractivity contribution is -0.126. The molecule has 1 amide bonds. The van der Waals surface area contributed by atoms with Crippen molar-refractivity contribution in [2.75, 3.05) is 6.54 Å². The highest BCUT2D eigenvalue weighted by Gasteiger charge is 2.34. The molecule has 1 saturated heterocycles. The van der Waals surface area contributed by atoms with E-state index in [0.29, 0.717) is 18.6 Å². The zero-order valence-corrected chi connectivity index (χ0v) is 13.3. The maximum atomic E-state index is 12.3. The highest BCUT2D eigenvalue weighted by Crippen LogP contribution is 2.25. The number of hydrogen-bond donors (Lipinski definition) is 2. The van der Waals surface area contributed by atoms with Gasteiger partial charge in [-0.3, -0.25) is 9.69 Å². The Balaban J connectivity index is 1.87. The molecule has 1 fully saturated rings. The van der Waals surface area contributed by atoms with Gasteiger partial charge in [-0.05, 0) is 39.2 Å². The summed E-state index contributed by atoms with van der Waals surface area (Å²) in [4.78, 5) is 14.7. The van der Waals surface area contributed by atoms with Crippen LogP contribution in [0, 0.1) is 0 Å². The number of nitrogens with two attached hydrogens (primary N) is 1. The van der Waals surface area contributed by atoms with Crippen molar-refractivity contribution in [3.63, 3.8) is 0 Å². The molecule has 0 radical (unpaired) electrons. The molecule has 4 atom stereocenters. The lowest BCUT2D eigenvalue weighted by atomic mass is 10.1. The van der Waals surface area contributed by atoms with Gasteiger partial charge in [0, 0.05) is 24.7 Å². The SMILES string of the molecule is CC1CCC(C)N1C(C)C(=O)NCC(N)c1ccccc1. The summed E-state index contributed by atoms with van der Waals surface area (Å²) in [5, 5.41) is 2.99. The van der Waals surface area contributed by atoms with Gasteiger partial charge in [-0.25, -0.2) is 0 Å². The number of benzene rings is 1. The third-order valence-electron chi connectivity index (χ3n) is 4.57. The average molecular weight is 289 g/mol. The molecule has 4 unspecified atom stereocenters. The lowest BCUT2D eigenvalue weighted by Crippen LogP contribution is -2.50. The number of rotatable bonds is 5. The van der Waals surface area contributed by atoms with Crippen LogP contribution >= 0.6 is 0 Å². The Labute approximate surface area is 127 Å². The van der Waals surface area contributed by atoms with Gasteiger partial charge in [0.2, 0.25) is 5.91 Å². The van der Waals surface area contributed by atoms with Gasteiger partial charge < -0.3 is 11.1 Å². The fraction of sp³-hybridized carbons (Fsp3) is 0.588. The van der Waals surface area contributed by atoms with Crippen molar-refractivity contribution in [1.29, 1.82) is 0 Å². The Kier molecular flexibility index (Phi) is 5.37. The minimum absolute atomic E-state index is 0.0713. The van der Waals surface area contributed by atoms with Gasteiger partial charge in [0.05, 0.1) is 6.04 Å². The molecule has 1 aromatic rings. The molecule has 21 heavy (non-hydrogen) atoms. The predicted molar refractivity (Wildman–Crippen MR) is 85.8 cm³/mol. The Morgan fingerprint density at radius 1 is 1.29 bits per heavy atom. The van der Waals surface area contributed by atoms with Crippen molar-refractivity contribution in [1.82, 2.24) is 10.2 Å². The number of nitrogens with one attached hydrogen (secondary N) is 1. The first-order chi connectivity index (χ1) is 10.0. The molecule has 0 bridgehead atoms. The van der Waals surface area contributed by atoms with E-state index in [2.05, 4.69) is 24.1 Å². The van der Waals surface area contributed by atoms with Crippen molar-refractivity contribution < 1.29 is 4.79 Å². The topological polar surface area (TPSA) is 58.4 Å². The molecule has 4 heteroatoms. The molecule has 3 N–H and O–H groups in total. The Morgan fingerprint density at radius 2 is 1.86 bits per heavy atom. The third-order valence-corrected chi connectivity index (χ3v) is 4.57. The molecule has 1 aromatic carbocycles. The summed E-state index contributed by atoms with van der Waals surface area (Å²) in [6, 6.07) is 10.6. The minimum atomic E-state index is -0.157. The maximum absolute atomic E-state index is 12.3. The van der Waals surface area contributed by atoms with Gasteiger partial charge in [-0.1, -0.05) is 30.3 Å². The summed E-state index contributed by atoms with van der Waals surface area (Å²) in [7, 11) is 0. The number of amides is 1. The summed E-state index contributed by atoms with van der Waals surface area (Å²) in [6.45, 7) is 6.86. The summed E-state index contributed by atoms with van der Waals surface area (Å²) in [5.74, 6) is 0.0713. The maximum Gasteiger partial charge on any atom is 0.237 e. The average Bonchev–Trinajstić information content (AvgIpc) is 2.83. The van der Waals surface area contributed by atoms with Crippen molar-refractivity contribution in [2.24, 2.45) is 5.73 Å². The van der Waals surface area contributed by atoms with E-state index in [1.54, 1.807) is 0 Å². The highest BCUT2D eigenvalue weighted by molar-refractivity contribution is 5.81. The van der Waals surface area contributed by atoms with Gasteiger partial charge >= 0.3 is 0 Å². The predicted octanol–water partition coefficient (Wildman–Crippen LogP) is 2.06. The molecule has 0 saturated carbocycles. The molecule has 4 nitrogen and oxygen atoms in total. The van der Waals surface area contributed by atoms with E-state index in [4.69, 9.17) is 5.73 Å². The zero-order valence-electron chi connectivity index (χ0n) is 13.3. The number of likely N-dealkylation sites (tertiary alicyclic amines) is 1. The van der Waals surface area contributed by atoms with Crippen molar-refractivity contribution in [3.05, 3.63) is 35.9 Å². The van der Waals surface area contributed by atoms with E-state index in [1.807, 2.05) is 37.3 Å². The second kappa shape index (κ2) is 7.05. The van der Waals surface area contributed by atoms with E-state index in [1.165, 1.54) is 12.8 Å². The van der Waals surface area contributed by atoms with Gasteiger partial charge in [0.1, 0.15) is 0 Å². The summed E-state index contributed by atoms with van der Waals surface area (Å²) in [6.07, 6.45) is 2.34. The summed E-state index contributed by atoms with van der Waals surface area (Å²) < 4.78 is 0. The molecule has 0 aromatic heterocycles. The molecule has 0 spiro atoms. The Hall–Kier alpha value is -1.39. The van der Waals surface area contributed by atoms with Crippen molar-refractivity contribution >= 4 is 5.91 Å². The van der Waals surface area contributed by atoms with Crippen LogP contribution in [-0.2, 0) is 4.79 Å². The van der Waals surface area contributed by atoms with Crippen LogP contribution in [0.5, 0.6) is 0 Å². The van der Waals surface area contributed by atoms with Crippen LogP contribution in [0.4, 0.5) is 0 Å². The first kappa shape index (κ1) is 16.0. The number of carbonyl (C=O) groups excluding carboxylic acids is 1. The van der Waals surface area contributed by atoms with Gasteiger partial charge in [0.15, 0.2) is 0 Å². The molecule has 1 heterocycles. The Morgan fingerprint density at radius 3 is 2.43 bits per heavy atom. The van der Waals surface area contributed by atoms with E-state index in [9.17, 15) is 4.79 Å². The van der Waals surface area contributed by atoms with Crippen molar-refractivity contribution in [3.8, 4) is 0 Å². The molecular formula is C17H27N3O. The molecule has 1 aliphatic rings. The first-order valence-corrected chi connectivity index (χ1v) is 7.86. The van der Waals surface area contributed by atoms with E-state index in [-0.39, 0.29) is 18.0 Å². The van der Waals surface area contributed by atoms with Crippen LogP contribution < -0.4 is 11.1 Å². The number of nitrogens with zero attached hydrogens (tertiary/aromatic N) is 1. The van der Waals surface area contributed by atoms with Gasteiger partial charge in [-0.2, -0.15) is 0 Å². The molecule has 116 valence electrons. The van der Waals surface area contributed by atoms with E-state index < -0.39 is 0 Å². The molecule has 0 aliphatic carbocycles. The van der Waals surface area contributed by atoms with Crippen LogP contribution in [0.1, 0.15) is 45.2 Å². The smallest absolute Gasteiger partial charge is 0.237 e. The first-order valence-electron chi connectivity index (χ1n) is 7.86. The fourth-order valence-electron chi connectivity index (χ4n) is 3.29. The Bertz CT molecular complexity index is 452. The summed E-state index contributed by atoms with van der Waals surface area (Å²) in [5.41, 5.74) is 7.17. The van der Waals surface area contributed by atoms with Crippen LogP contribution in [0.2, 0.25) is 0 Å². The second-order valence-electron chi connectivity index (χ2n) is 6.16. The fourth-order valence-corrected chi connectivity index (χ4v) is 3.29. The largest absolute Gasteiger partial charge is 0.353 e. The summed E-state index contributed by atoms with van der Waals surface area (Å²) >= 11 is 0. The van der Waals surface area contributed by atoms with Gasteiger partial charge in [0.25, 0.3) is 0 Å². The van der Waals surface area contributed by atoms with Gasteiger partial charge in [-0.15, -0.1) is 0 Å². The van der Waals surface area contributed by atoms with Crippen molar-refractivity contribution in [2.45, 2.75) is 57.8 Å². The molecule has 1 aliphatic heterocycles. The van der Waals surface area contributed by atoms with Crippen LogP contribution in [-0.4, -0.2) is 35.5 Å². The standard InChI is InChI=1S/C17H27N3O/c1-12-9-10-13(2)20(12)14(3)17(21)19-11-16(18)15-7-5-4-6-8-15/h4-8,12-14,16H,9-11,18H2,1-3H3,(H,19,21). The van der Waals surface area contributed by atoms with Crippen LogP contribution in [0.3, 0.4) is 0 Å². The quantitative estimate of drug-likeness (QED) is 0.872. The minimum Gasteiger partial charge on any atom is -0.353 e. The van der Waals surface area contributed by atoms with Crippen LogP contribution in [0.15, 0.2) is 30.3 Å². The monoisotopic (exact) mass is 289 g/mol. The number of hydrogen-bond acceptors (Lipinski definition) is 3. The number of carbonyl (C=O) groups is 1. The lowest BCUT2D eigenvalue weighted by Gasteiger charge is -2.31. The highest BCUT2D eigenvalue weighted by atomic mass is 16.2. The van der Waals surface area contributed by atoms with E-state index >= 15 is 0 Å². The van der Waals surface area contributed by atoms with Crippen LogP contribution in [0.25, 0.3) is 0 Å². The zero-order chi connectivity index (χ0) is 15.4. The third kappa shape index (κ3) is 3.83. The van der Waals surface area contributed by atoms with E-state index in [0.717, 1.165) is 5.56 Å². The normalized spacial score (nSPS) is 25.5. The second-order valence-corrected chi connectivity index (χ2v) is 6.16.